The summed E-state index contributed by atoms with van der Waals surface area (Å²) in [6, 6.07) is 6.98. The minimum absolute atomic E-state index is 0.218. The molecule has 0 amide bonds. The molecule has 1 aromatic rings. The maximum Gasteiger partial charge on any atom is 0.297 e. The first kappa shape index (κ1) is 15.5. The topological polar surface area (TPSA) is 52.6 Å². The Morgan fingerprint density at radius 3 is 2.60 bits per heavy atom. The zero-order valence-corrected chi connectivity index (χ0v) is 12.9. The third kappa shape index (κ3) is 3.81. The van der Waals surface area contributed by atoms with Crippen LogP contribution in [0.2, 0.25) is 0 Å². The summed E-state index contributed by atoms with van der Waals surface area (Å²) in [5.41, 5.74) is 1.15. The maximum absolute atomic E-state index is 12.2. The fraction of sp³-hybridized carbons (Fsp3) is 0.600. The van der Waals surface area contributed by atoms with Crippen LogP contribution in [0.5, 0.6) is 0 Å². The molecule has 0 saturated carbocycles. The van der Waals surface area contributed by atoms with E-state index >= 15 is 0 Å². The van der Waals surface area contributed by atoms with Gasteiger partial charge in [-0.2, -0.15) is 8.42 Å². The van der Waals surface area contributed by atoms with Crippen molar-refractivity contribution in [1.29, 1.82) is 0 Å². The van der Waals surface area contributed by atoms with Crippen LogP contribution in [0.25, 0.3) is 0 Å². The summed E-state index contributed by atoms with van der Waals surface area (Å²) >= 11 is 0. The predicted molar refractivity (Wildman–Crippen MR) is 77.3 cm³/mol. The van der Waals surface area contributed by atoms with Crippen molar-refractivity contribution in [2.24, 2.45) is 0 Å². The Morgan fingerprint density at radius 2 is 2.05 bits per heavy atom. The van der Waals surface area contributed by atoms with E-state index in [-0.39, 0.29) is 11.0 Å². The lowest BCUT2D eigenvalue weighted by atomic mass is 9.99. The van der Waals surface area contributed by atoms with Crippen LogP contribution >= 0.6 is 0 Å². The van der Waals surface area contributed by atoms with Gasteiger partial charge in [0.1, 0.15) is 6.10 Å². The Morgan fingerprint density at radius 1 is 1.35 bits per heavy atom. The molecule has 0 bridgehead atoms. The number of benzene rings is 1. The number of rotatable bonds is 5. The van der Waals surface area contributed by atoms with Crippen LogP contribution in [0.1, 0.15) is 44.6 Å². The Labute approximate surface area is 121 Å². The fourth-order valence-electron chi connectivity index (χ4n) is 2.22. The second kappa shape index (κ2) is 6.70. The third-order valence-electron chi connectivity index (χ3n) is 3.73. The smallest absolute Gasteiger partial charge is 0.297 e. The summed E-state index contributed by atoms with van der Waals surface area (Å²) in [4.78, 5) is 0.218. The quantitative estimate of drug-likeness (QED) is 0.784. The van der Waals surface area contributed by atoms with Crippen LogP contribution in [-0.2, 0) is 19.0 Å². The molecule has 0 N–H and O–H groups in total. The second-order valence-corrected chi connectivity index (χ2v) is 6.84. The van der Waals surface area contributed by atoms with Gasteiger partial charge in [-0.25, -0.2) is 0 Å². The predicted octanol–water partition coefficient (Wildman–Crippen LogP) is 3.08. The van der Waals surface area contributed by atoms with Crippen molar-refractivity contribution >= 4 is 10.1 Å². The average Bonchev–Trinajstić information content (AvgIpc) is 2.47. The van der Waals surface area contributed by atoms with Crippen molar-refractivity contribution in [3.63, 3.8) is 0 Å². The fourth-order valence-corrected chi connectivity index (χ4v) is 3.31. The van der Waals surface area contributed by atoms with Gasteiger partial charge in [-0.3, -0.25) is 4.18 Å². The molecule has 5 heteroatoms. The standard InChI is InChI=1S/C15H22O4S/c1-3-12(2)13-6-8-15(9-7-13)20(16,17)19-14-5-4-10-18-11-14/h6-9,12,14H,3-5,10-11H2,1-2H3. The highest BCUT2D eigenvalue weighted by molar-refractivity contribution is 7.86. The molecule has 1 saturated heterocycles. The Bertz CT molecular complexity index is 515. The minimum atomic E-state index is -3.69. The highest BCUT2D eigenvalue weighted by Gasteiger charge is 2.24. The molecule has 1 heterocycles. The first-order valence-electron chi connectivity index (χ1n) is 7.14. The van der Waals surface area contributed by atoms with Crippen molar-refractivity contribution in [2.45, 2.75) is 50.0 Å². The second-order valence-electron chi connectivity index (χ2n) is 5.27. The van der Waals surface area contributed by atoms with Gasteiger partial charge >= 0.3 is 0 Å². The number of hydrogen-bond donors (Lipinski definition) is 0. The summed E-state index contributed by atoms with van der Waals surface area (Å²) in [5, 5.41) is 0. The molecule has 0 radical (unpaired) electrons. The van der Waals surface area contributed by atoms with E-state index in [1.165, 1.54) is 0 Å². The van der Waals surface area contributed by atoms with E-state index in [1.54, 1.807) is 12.1 Å². The van der Waals surface area contributed by atoms with Gasteiger partial charge < -0.3 is 4.74 Å². The lowest BCUT2D eigenvalue weighted by Crippen LogP contribution is -2.28. The molecule has 4 nitrogen and oxygen atoms in total. The van der Waals surface area contributed by atoms with Crippen LogP contribution < -0.4 is 0 Å². The molecule has 1 aliphatic rings. The molecule has 0 aliphatic carbocycles. The summed E-state index contributed by atoms with van der Waals surface area (Å²) < 4.78 is 34.8. The van der Waals surface area contributed by atoms with Crippen molar-refractivity contribution in [3.05, 3.63) is 29.8 Å². The normalized spacial score (nSPS) is 21.6. The van der Waals surface area contributed by atoms with Crippen molar-refractivity contribution in [3.8, 4) is 0 Å². The van der Waals surface area contributed by atoms with Gasteiger partial charge in [0.05, 0.1) is 11.5 Å². The van der Waals surface area contributed by atoms with Gasteiger partial charge in [0.2, 0.25) is 0 Å². The molecule has 112 valence electrons. The molecular weight excluding hydrogens is 276 g/mol. The van der Waals surface area contributed by atoms with Crippen molar-refractivity contribution in [1.82, 2.24) is 0 Å². The van der Waals surface area contributed by atoms with Crippen LogP contribution in [0.3, 0.4) is 0 Å². The first-order chi connectivity index (χ1) is 9.53. The van der Waals surface area contributed by atoms with Gasteiger partial charge in [0.25, 0.3) is 10.1 Å². The van der Waals surface area contributed by atoms with E-state index in [4.69, 9.17) is 8.92 Å². The van der Waals surface area contributed by atoms with Crippen molar-refractivity contribution in [2.75, 3.05) is 13.2 Å². The van der Waals surface area contributed by atoms with E-state index in [2.05, 4.69) is 13.8 Å². The zero-order valence-electron chi connectivity index (χ0n) is 12.0. The molecule has 20 heavy (non-hydrogen) atoms. The molecule has 0 spiro atoms. The largest absolute Gasteiger partial charge is 0.379 e. The van der Waals surface area contributed by atoms with Crippen molar-refractivity contribution < 1.29 is 17.3 Å². The Hall–Kier alpha value is -0.910. The zero-order chi connectivity index (χ0) is 14.6. The van der Waals surface area contributed by atoms with E-state index in [1.807, 2.05) is 12.1 Å². The Balaban J connectivity index is 2.08. The SMILES string of the molecule is CCC(C)c1ccc(S(=O)(=O)OC2CCCOC2)cc1. The van der Waals surface area contributed by atoms with Gasteiger partial charge in [0.15, 0.2) is 0 Å². The minimum Gasteiger partial charge on any atom is -0.379 e. The lowest BCUT2D eigenvalue weighted by Gasteiger charge is -2.21. The molecule has 1 fully saturated rings. The lowest BCUT2D eigenvalue weighted by molar-refractivity contribution is 0.0104. The van der Waals surface area contributed by atoms with Crippen LogP contribution in [0.4, 0.5) is 0 Å². The van der Waals surface area contributed by atoms with Gasteiger partial charge in [-0.1, -0.05) is 26.0 Å². The van der Waals surface area contributed by atoms with Gasteiger partial charge in [-0.05, 0) is 42.9 Å². The summed E-state index contributed by atoms with van der Waals surface area (Å²) in [5.74, 6) is 0.430. The molecule has 2 unspecified atom stereocenters. The molecule has 0 aromatic heterocycles. The third-order valence-corrected chi connectivity index (χ3v) is 5.11. The van der Waals surface area contributed by atoms with E-state index < -0.39 is 10.1 Å². The van der Waals surface area contributed by atoms with Gasteiger partial charge in [-0.15, -0.1) is 0 Å². The molecule has 2 atom stereocenters. The van der Waals surface area contributed by atoms with Gasteiger partial charge in [0, 0.05) is 6.61 Å². The maximum atomic E-state index is 12.2. The highest BCUT2D eigenvalue weighted by Crippen LogP contribution is 2.23. The number of hydrogen-bond acceptors (Lipinski definition) is 4. The summed E-state index contributed by atoms with van der Waals surface area (Å²) in [6.45, 7) is 5.27. The van der Waals surface area contributed by atoms with Crippen LogP contribution in [0, 0.1) is 0 Å². The van der Waals surface area contributed by atoms with E-state index in [9.17, 15) is 8.42 Å². The van der Waals surface area contributed by atoms with E-state index in [0.29, 0.717) is 19.1 Å². The molecule has 2 rings (SSSR count). The molecule has 1 aliphatic heterocycles. The first-order valence-corrected chi connectivity index (χ1v) is 8.54. The monoisotopic (exact) mass is 298 g/mol. The van der Waals surface area contributed by atoms with E-state index in [0.717, 1.165) is 24.8 Å². The van der Waals surface area contributed by atoms with Crippen LogP contribution in [-0.4, -0.2) is 27.7 Å². The van der Waals surface area contributed by atoms with Crippen LogP contribution in [0.15, 0.2) is 29.2 Å². The molecule has 1 aromatic carbocycles. The highest BCUT2D eigenvalue weighted by atomic mass is 32.2. The molecular formula is C15H22O4S. The summed E-state index contributed by atoms with van der Waals surface area (Å²) in [6.07, 6.45) is 2.24. The number of ether oxygens (including phenoxy) is 1. The Kier molecular flexibility index (Phi) is 5.18. The summed E-state index contributed by atoms with van der Waals surface area (Å²) in [7, 11) is -3.69. The average molecular weight is 298 g/mol.